The molecule has 1 unspecified atom stereocenters. The third kappa shape index (κ3) is 6.57. The van der Waals surface area contributed by atoms with Gasteiger partial charge in [-0.3, -0.25) is 9.69 Å². The number of hydrogen-bond donors (Lipinski definition) is 0. The van der Waals surface area contributed by atoms with E-state index >= 15 is 0 Å². The third-order valence-electron chi connectivity index (χ3n) is 5.36. The van der Waals surface area contributed by atoms with E-state index in [0.29, 0.717) is 32.8 Å². The zero-order chi connectivity index (χ0) is 21.2. The van der Waals surface area contributed by atoms with Gasteiger partial charge in [0.25, 0.3) is 0 Å². The van der Waals surface area contributed by atoms with Gasteiger partial charge in [0.2, 0.25) is 0 Å². The highest BCUT2D eigenvalue weighted by Crippen LogP contribution is 2.24. The predicted octanol–water partition coefficient (Wildman–Crippen LogP) is 5.03. The summed E-state index contributed by atoms with van der Waals surface area (Å²) < 4.78 is 16.8. The zero-order valence-electron chi connectivity index (χ0n) is 18.1. The Morgan fingerprint density at radius 2 is 1.67 bits per heavy atom. The van der Waals surface area contributed by atoms with Gasteiger partial charge < -0.3 is 14.2 Å². The normalized spacial score (nSPS) is 16.9. The summed E-state index contributed by atoms with van der Waals surface area (Å²) in [6.07, 6.45) is 3.81. The van der Waals surface area contributed by atoms with Gasteiger partial charge in [0.1, 0.15) is 12.0 Å². The third-order valence-corrected chi connectivity index (χ3v) is 5.36. The smallest absolute Gasteiger partial charge is 0.307 e. The zero-order valence-corrected chi connectivity index (χ0v) is 18.1. The fourth-order valence-electron chi connectivity index (χ4n) is 3.77. The van der Waals surface area contributed by atoms with Crippen molar-refractivity contribution < 1.29 is 19.0 Å². The SMILES string of the molecule is CCOC(=O)CCN1CCCCC1OCc1ccc(-c2ccc(OCC)cc2)cc1. The van der Waals surface area contributed by atoms with E-state index in [1.165, 1.54) is 11.1 Å². The summed E-state index contributed by atoms with van der Waals surface area (Å²) in [5, 5.41) is 0. The molecule has 1 fully saturated rings. The summed E-state index contributed by atoms with van der Waals surface area (Å²) in [5.74, 6) is 0.762. The Labute approximate surface area is 179 Å². The van der Waals surface area contributed by atoms with Crippen molar-refractivity contribution in [2.75, 3.05) is 26.3 Å². The van der Waals surface area contributed by atoms with Crippen LogP contribution in [0, 0.1) is 0 Å². The average molecular weight is 412 g/mol. The monoisotopic (exact) mass is 411 g/mol. The van der Waals surface area contributed by atoms with Gasteiger partial charge >= 0.3 is 5.97 Å². The quantitative estimate of drug-likeness (QED) is 0.513. The van der Waals surface area contributed by atoms with E-state index in [4.69, 9.17) is 14.2 Å². The van der Waals surface area contributed by atoms with Crippen LogP contribution in [-0.4, -0.2) is 43.4 Å². The molecule has 1 saturated heterocycles. The number of esters is 1. The minimum atomic E-state index is -0.133. The lowest BCUT2D eigenvalue weighted by Gasteiger charge is -2.35. The van der Waals surface area contributed by atoms with Crippen molar-refractivity contribution in [3.63, 3.8) is 0 Å². The van der Waals surface area contributed by atoms with Crippen LogP contribution in [0.1, 0.15) is 45.1 Å². The number of nitrogens with zero attached hydrogens (tertiary/aromatic N) is 1. The second kappa shape index (κ2) is 11.7. The first kappa shape index (κ1) is 22.3. The maximum absolute atomic E-state index is 11.7. The number of benzene rings is 2. The van der Waals surface area contributed by atoms with Crippen molar-refractivity contribution in [3.8, 4) is 16.9 Å². The van der Waals surface area contributed by atoms with E-state index < -0.39 is 0 Å². The molecule has 0 bridgehead atoms. The van der Waals surface area contributed by atoms with Crippen LogP contribution in [0.5, 0.6) is 5.75 Å². The molecule has 0 amide bonds. The van der Waals surface area contributed by atoms with E-state index in [9.17, 15) is 4.79 Å². The predicted molar refractivity (Wildman–Crippen MR) is 118 cm³/mol. The van der Waals surface area contributed by atoms with Crippen LogP contribution in [0.25, 0.3) is 11.1 Å². The molecule has 2 aromatic rings. The molecule has 1 heterocycles. The second-order valence-electron chi connectivity index (χ2n) is 7.51. The van der Waals surface area contributed by atoms with Crippen LogP contribution in [0.15, 0.2) is 48.5 Å². The van der Waals surface area contributed by atoms with E-state index in [1.807, 2.05) is 26.0 Å². The lowest BCUT2D eigenvalue weighted by Crippen LogP contribution is -2.42. The van der Waals surface area contributed by atoms with Crippen LogP contribution in [0.2, 0.25) is 0 Å². The van der Waals surface area contributed by atoms with Crippen LogP contribution in [0.3, 0.4) is 0 Å². The lowest BCUT2D eigenvalue weighted by molar-refractivity contribution is -0.145. The maximum Gasteiger partial charge on any atom is 0.307 e. The van der Waals surface area contributed by atoms with Gasteiger partial charge in [-0.1, -0.05) is 36.4 Å². The van der Waals surface area contributed by atoms with Gasteiger partial charge in [-0.25, -0.2) is 0 Å². The number of rotatable bonds is 10. The van der Waals surface area contributed by atoms with Gasteiger partial charge in [-0.05, 0) is 61.9 Å². The van der Waals surface area contributed by atoms with E-state index in [-0.39, 0.29) is 12.2 Å². The van der Waals surface area contributed by atoms with Gasteiger partial charge in [-0.15, -0.1) is 0 Å². The molecule has 5 heteroatoms. The fourth-order valence-corrected chi connectivity index (χ4v) is 3.77. The van der Waals surface area contributed by atoms with Gasteiger partial charge in [-0.2, -0.15) is 0 Å². The Kier molecular flexibility index (Phi) is 8.72. The van der Waals surface area contributed by atoms with Gasteiger partial charge in [0.15, 0.2) is 0 Å². The van der Waals surface area contributed by atoms with Gasteiger partial charge in [0.05, 0.1) is 26.2 Å². The molecule has 0 radical (unpaired) electrons. The molecule has 162 valence electrons. The summed E-state index contributed by atoms with van der Waals surface area (Å²) in [5.41, 5.74) is 3.50. The average Bonchev–Trinajstić information content (AvgIpc) is 2.78. The Morgan fingerprint density at radius 1 is 0.967 bits per heavy atom. The van der Waals surface area contributed by atoms with E-state index in [1.54, 1.807) is 0 Å². The van der Waals surface area contributed by atoms with Crippen molar-refractivity contribution in [2.24, 2.45) is 0 Å². The molecule has 5 nitrogen and oxygen atoms in total. The molecular weight excluding hydrogens is 378 g/mol. The minimum Gasteiger partial charge on any atom is -0.494 e. The van der Waals surface area contributed by atoms with E-state index in [0.717, 1.165) is 37.1 Å². The minimum absolute atomic E-state index is 0.0685. The number of hydrogen-bond acceptors (Lipinski definition) is 5. The summed E-state index contributed by atoms with van der Waals surface area (Å²) in [4.78, 5) is 13.9. The number of ether oxygens (including phenoxy) is 3. The molecule has 2 aromatic carbocycles. The molecule has 1 atom stereocenters. The molecule has 0 N–H and O–H groups in total. The number of piperidine rings is 1. The Hall–Kier alpha value is -2.37. The highest BCUT2D eigenvalue weighted by atomic mass is 16.5. The highest BCUT2D eigenvalue weighted by molar-refractivity contribution is 5.69. The molecule has 1 aliphatic heterocycles. The maximum atomic E-state index is 11.7. The second-order valence-corrected chi connectivity index (χ2v) is 7.51. The van der Waals surface area contributed by atoms with E-state index in [2.05, 4.69) is 41.3 Å². The molecule has 3 rings (SSSR count). The Balaban J connectivity index is 1.52. The molecule has 0 saturated carbocycles. The first-order chi connectivity index (χ1) is 14.7. The summed E-state index contributed by atoms with van der Waals surface area (Å²) in [6.45, 7) is 7.18. The number of carbonyl (C=O) groups excluding carboxylic acids is 1. The first-order valence-electron chi connectivity index (χ1n) is 11.0. The van der Waals surface area contributed by atoms with Crippen molar-refractivity contribution in [1.29, 1.82) is 0 Å². The number of likely N-dealkylation sites (tertiary alicyclic amines) is 1. The summed E-state index contributed by atoms with van der Waals surface area (Å²) >= 11 is 0. The Morgan fingerprint density at radius 3 is 2.33 bits per heavy atom. The summed E-state index contributed by atoms with van der Waals surface area (Å²) in [7, 11) is 0. The van der Waals surface area contributed by atoms with Crippen LogP contribution < -0.4 is 4.74 Å². The molecule has 0 spiro atoms. The molecule has 30 heavy (non-hydrogen) atoms. The molecule has 0 aliphatic carbocycles. The van der Waals surface area contributed by atoms with Crippen molar-refractivity contribution >= 4 is 5.97 Å². The van der Waals surface area contributed by atoms with Gasteiger partial charge in [0, 0.05) is 13.1 Å². The fraction of sp³-hybridized carbons (Fsp3) is 0.480. The van der Waals surface area contributed by atoms with Crippen molar-refractivity contribution in [1.82, 2.24) is 4.90 Å². The lowest BCUT2D eigenvalue weighted by atomic mass is 10.0. The molecular formula is C25H33NO4. The molecule has 0 aromatic heterocycles. The highest BCUT2D eigenvalue weighted by Gasteiger charge is 2.23. The standard InChI is InChI=1S/C25H33NO4/c1-3-28-23-14-12-22(13-15-23)21-10-8-20(9-11-21)19-30-24-7-5-6-17-26(24)18-16-25(27)29-4-2/h8-15,24H,3-7,16-19H2,1-2H3. The summed E-state index contributed by atoms with van der Waals surface area (Å²) in [6, 6.07) is 16.7. The largest absolute Gasteiger partial charge is 0.494 e. The van der Waals surface area contributed by atoms with Crippen LogP contribution >= 0.6 is 0 Å². The Bertz CT molecular complexity index is 773. The topological polar surface area (TPSA) is 48.0 Å². The molecule has 1 aliphatic rings. The number of carbonyl (C=O) groups is 1. The van der Waals surface area contributed by atoms with Crippen molar-refractivity contribution in [2.45, 2.75) is 52.4 Å². The first-order valence-corrected chi connectivity index (χ1v) is 11.0. The van der Waals surface area contributed by atoms with Crippen molar-refractivity contribution in [3.05, 3.63) is 54.1 Å². The van der Waals surface area contributed by atoms with Crippen LogP contribution in [-0.2, 0) is 20.9 Å². The van der Waals surface area contributed by atoms with Crippen LogP contribution in [0.4, 0.5) is 0 Å².